The third-order valence-corrected chi connectivity index (χ3v) is 3.76. The normalized spacial score (nSPS) is 14.6. The highest BCUT2D eigenvalue weighted by Gasteiger charge is 2.24. The largest absolute Gasteiger partial charge is 0.332 e. The smallest absolute Gasteiger partial charge is 0.297 e. The molecular weight excluding hydrogens is 284 g/mol. The molecule has 0 fully saturated rings. The predicted molar refractivity (Wildman–Crippen MR) is 85.6 cm³/mol. The molecule has 0 bridgehead atoms. The van der Waals surface area contributed by atoms with Gasteiger partial charge in [0.15, 0.2) is 11.2 Å². The van der Waals surface area contributed by atoms with Crippen molar-refractivity contribution in [3.8, 4) is 0 Å². The van der Waals surface area contributed by atoms with Gasteiger partial charge in [0.1, 0.15) is 0 Å². The lowest BCUT2D eigenvalue weighted by Gasteiger charge is -2.20. The van der Waals surface area contributed by atoms with Crippen molar-refractivity contribution in [1.29, 1.82) is 0 Å². The Kier molecular flexibility index (Phi) is 3.19. The van der Waals surface area contributed by atoms with Crippen LogP contribution >= 0.6 is 0 Å². The molecule has 0 radical (unpaired) electrons. The molecule has 8 heteroatoms. The fourth-order valence-corrected chi connectivity index (χ4v) is 2.84. The van der Waals surface area contributed by atoms with E-state index < -0.39 is 0 Å². The minimum absolute atomic E-state index is 0.206. The van der Waals surface area contributed by atoms with Crippen LogP contribution in [0.25, 0.3) is 11.2 Å². The molecule has 0 spiro atoms. The summed E-state index contributed by atoms with van der Waals surface area (Å²) in [5, 5.41) is 5.98. The van der Waals surface area contributed by atoms with Gasteiger partial charge in [-0.05, 0) is 12.8 Å². The quantitative estimate of drug-likeness (QED) is 0.803. The molecule has 8 nitrogen and oxygen atoms in total. The molecule has 22 heavy (non-hydrogen) atoms. The zero-order valence-electron chi connectivity index (χ0n) is 13.5. The lowest BCUT2D eigenvalue weighted by atomic mass is 10.2. The summed E-state index contributed by atoms with van der Waals surface area (Å²) in [5.74, 6) is 0.785. The van der Waals surface area contributed by atoms with Gasteiger partial charge in [0.2, 0.25) is 5.95 Å². The first-order valence-electron chi connectivity index (χ1n) is 7.29. The molecule has 0 amide bonds. The van der Waals surface area contributed by atoms with Crippen LogP contribution in [0.4, 0.5) is 5.95 Å². The van der Waals surface area contributed by atoms with Crippen molar-refractivity contribution < 1.29 is 0 Å². The Balaban J connectivity index is 2.39. The van der Waals surface area contributed by atoms with E-state index in [0.29, 0.717) is 30.2 Å². The Morgan fingerprint density at radius 3 is 2.55 bits per heavy atom. The maximum Gasteiger partial charge on any atom is 0.332 e. The molecule has 1 aliphatic heterocycles. The number of nitrogens with zero attached hydrogens (tertiary/aromatic N) is 6. The number of hydrogen-bond donors (Lipinski definition) is 0. The Morgan fingerprint density at radius 2 is 1.91 bits per heavy atom. The molecule has 1 aliphatic rings. The molecule has 2 aromatic heterocycles. The van der Waals surface area contributed by atoms with Crippen LogP contribution in [0.15, 0.2) is 14.7 Å². The van der Waals surface area contributed by atoms with Gasteiger partial charge < -0.3 is 0 Å². The fraction of sp³-hybridized carbons (Fsp3) is 0.571. The topological polar surface area (TPSA) is 77.4 Å². The van der Waals surface area contributed by atoms with Crippen LogP contribution in [0.3, 0.4) is 0 Å². The van der Waals surface area contributed by atoms with Gasteiger partial charge >= 0.3 is 5.69 Å². The van der Waals surface area contributed by atoms with Crippen LogP contribution in [-0.2, 0) is 20.1 Å². The molecule has 0 aliphatic carbocycles. The van der Waals surface area contributed by atoms with Crippen LogP contribution in [-0.4, -0.2) is 31.4 Å². The molecule has 3 rings (SSSR count). The summed E-state index contributed by atoms with van der Waals surface area (Å²) in [6.07, 6.45) is 0. The number of hydrazone groups is 1. The summed E-state index contributed by atoms with van der Waals surface area (Å²) in [6, 6.07) is 0. The van der Waals surface area contributed by atoms with Gasteiger partial charge in [-0.25, -0.2) is 9.80 Å². The van der Waals surface area contributed by atoms with Crippen molar-refractivity contribution in [3.05, 3.63) is 20.8 Å². The first-order valence-corrected chi connectivity index (χ1v) is 7.29. The molecule has 0 saturated carbocycles. The second-order valence-corrected chi connectivity index (χ2v) is 6.18. The SMILES string of the molecule is CC1=NN(C)c2nc3c(c(=O)n(CC(C)C)c(=O)n3C)n2C1. The van der Waals surface area contributed by atoms with Crippen LogP contribution < -0.4 is 16.3 Å². The Bertz CT molecular complexity index is 899. The van der Waals surface area contributed by atoms with Crippen molar-refractivity contribution in [2.45, 2.75) is 33.9 Å². The van der Waals surface area contributed by atoms with E-state index in [4.69, 9.17) is 0 Å². The molecular formula is C14H20N6O2. The number of rotatable bonds is 2. The number of anilines is 1. The average molecular weight is 304 g/mol. The van der Waals surface area contributed by atoms with E-state index >= 15 is 0 Å². The highest BCUT2D eigenvalue weighted by atomic mass is 16.2. The third kappa shape index (κ3) is 1.98. The van der Waals surface area contributed by atoms with Gasteiger partial charge in [-0.3, -0.25) is 18.5 Å². The monoisotopic (exact) mass is 304 g/mol. The second kappa shape index (κ2) is 4.82. The van der Waals surface area contributed by atoms with E-state index in [0.717, 1.165) is 5.71 Å². The summed E-state index contributed by atoms with van der Waals surface area (Å²) in [6.45, 7) is 6.76. The van der Waals surface area contributed by atoms with Gasteiger partial charge in [0.05, 0.1) is 12.3 Å². The maximum atomic E-state index is 12.8. The molecule has 0 aromatic carbocycles. The maximum absolute atomic E-state index is 12.8. The van der Waals surface area contributed by atoms with E-state index in [-0.39, 0.29) is 17.2 Å². The van der Waals surface area contributed by atoms with E-state index in [2.05, 4.69) is 10.1 Å². The van der Waals surface area contributed by atoms with Crippen LogP contribution in [0.2, 0.25) is 0 Å². The summed E-state index contributed by atoms with van der Waals surface area (Å²) >= 11 is 0. The van der Waals surface area contributed by atoms with Crippen LogP contribution in [0, 0.1) is 5.92 Å². The number of fused-ring (bicyclic) bond motifs is 3. The van der Waals surface area contributed by atoms with E-state index in [9.17, 15) is 9.59 Å². The zero-order chi connectivity index (χ0) is 16.2. The number of hydrogen-bond acceptors (Lipinski definition) is 5. The fourth-order valence-electron chi connectivity index (χ4n) is 2.84. The second-order valence-electron chi connectivity index (χ2n) is 6.18. The summed E-state index contributed by atoms with van der Waals surface area (Å²) in [4.78, 5) is 29.7. The lowest BCUT2D eigenvalue weighted by Crippen LogP contribution is -2.41. The third-order valence-electron chi connectivity index (χ3n) is 3.76. The number of aromatic nitrogens is 4. The van der Waals surface area contributed by atoms with Gasteiger partial charge in [-0.15, -0.1) is 0 Å². The van der Waals surface area contributed by atoms with Crippen molar-refractivity contribution in [2.24, 2.45) is 18.1 Å². The summed E-state index contributed by atoms with van der Waals surface area (Å²) in [7, 11) is 3.43. The van der Waals surface area contributed by atoms with E-state index in [1.807, 2.05) is 25.3 Å². The Hall–Kier alpha value is -2.38. The summed E-state index contributed by atoms with van der Waals surface area (Å²) in [5.41, 5.74) is 1.13. The molecule has 0 N–H and O–H groups in total. The van der Waals surface area contributed by atoms with E-state index in [1.54, 1.807) is 19.1 Å². The minimum Gasteiger partial charge on any atom is -0.297 e. The zero-order valence-corrected chi connectivity index (χ0v) is 13.5. The Morgan fingerprint density at radius 1 is 1.23 bits per heavy atom. The number of imidazole rings is 1. The van der Waals surface area contributed by atoms with Gasteiger partial charge in [-0.1, -0.05) is 13.8 Å². The van der Waals surface area contributed by atoms with Crippen molar-refractivity contribution >= 4 is 22.8 Å². The van der Waals surface area contributed by atoms with Gasteiger partial charge in [-0.2, -0.15) is 10.1 Å². The molecule has 0 saturated heterocycles. The van der Waals surface area contributed by atoms with Crippen molar-refractivity contribution in [1.82, 2.24) is 18.7 Å². The van der Waals surface area contributed by atoms with Crippen LogP contribution in [0.5, 0.6) is 0 Å². The molecule has 118 valence electrons. The van der Waals surface area contributed by atoms with Crippen LogP contribution in [0.1, 0.15) is 20.8 Å². The molecule has 0 atom stereocenters. The molecule has 2 aromatic rings. The van der Waals surface area contributed by atoms with Gasteiger partial charge in [0.25, 0.3) is 5.56 Å². The van der Waals surface area contributed by atoms with E-state index in [1.165, 1.54) is 9.13 Å². The first-order chi connectivity index (χ1) is 10.3. The lowest BCUT2D eigenvalue weighted by molar-refractivity contribution is 0.484. The van der Waals surface area contributed by atoms with Crippen molar-refractivity contribution in [2.75, 3.05) is 12.1 Å². The standard InChI is InChI=1S/C14H20N6O2/c1-8(2)6-20-12(21)10-11(17(4)14(20)22)15-13-18(5)16-9(3)7-19(10)13/h8H,6-7H2,1-5H3. The molecule has 3 heterocycles. The number of aryl methyl sites for hydroxylation is 1. The highest BCUT2D eigenvalue weighted by Crippen LogP contribution is 2.22. The Labute approximate surface area is 127 Å². The summed E-state index contributed by atoms with van der Waals surface area (Å²) < 4.78 is 4.56. The highest BCUT2D eigenvalue weighted by molar-refractivity contribution is 5.87. The predicted octanol–water partition coefficient (Wildman–Crippen LogP) is 0.378. The average Bonchev–Trinajstić information content (AvgIpc) is 2.81. The van der Waals surface area contributed by atoms with Gasteiger partial charge in [0, 0.05) is 20.6 Å². The first kappa shape index (κ1) is 14.6. The van der Waals surface area contributed by atoms with Crippen molar-refractivity contribution in [3.63, 3.8) is 0 Å². The molecule has 0 unspecified atom stereocenters. The minimum atomic E-state index is -0.332.